The van der Waals surface area contributed by atoms with Gasteiger partial charge in [-0.25, -0.2) is 4.39 Å². The number of nitrogens with zero attached hydrogens (tertiary/aromatic N) is 1. The second-order valence-corrected chi connectivity index (χ2v) is 10.2. The van der Waals surface area contributed by atoms with Gasteiger partial charge in [0.2, 0.25) is 0 Å². The van der Waals surface area contributed by atoms with Crippen LogP contribution in [0.25, 0.3) is 0 Å². The van der Waals surface area contributed by atoms with E-state index in [9.17, 15) is 79.7 Å². The molecule has 0 heterocycles. The third kappa shape index (κ3) is 6.80. The summed E-state index contributed by atoms with van der Waals surface area (Å²) >= 11 is 0. The SMILES string of the molecule is CC[N+](CC)(CC=C(F)C(F)(F)C(F)(F)C(F)(F)C(F)(F)C(F)(F)C(F)(F)C(F)(F)F)CC(C)(C)CO[P+](=O)[O-]. The summed E-state index contributed by atoms with van der Waals surface area (Å²) in [5, 5.41) is 0. The number of hydrogen-bond donors (Lipinski definition) is 0. The summed E-state index contributed by atoms with van der Waals surface area (Å²) < 4.78 is 228. The molecule has 0 saturated heterocycles. The lowest BCUT2D eigenvalue weighted by atomic mass is 9.90. The maximum atomic E-state index is 14.2. The number of halogens is 16. The standard InChI is InChI=1S/C19H23F16NO3P/c1-5-36(6-2,9-12(3,4)10-39-40(37)38)8-7-11(20)13(21,22)14(23,24)15(25,26)16(27,28)17(29,30)18(31,32)19(33,34)35/h7H,5-6,8-10H2,1-4H3/q+1. The van der Waals surface area contributed by atoms with Gasteiger partial charge in [0.1, 0.15) is 13.2 Å². The zero-order valence-electron chi connectivity index (χ0n) is 20.8. The minimum atomic E-state index is -8.51. The lowest BCUT2D eigenvalue weighted by Crippen LogP contribution is -2.72. The Morgan fingerprint density at radius 3 is 1.48 bits per heavy atom. The molecule has 0 bridgehead atoms. The normalized spacial score (nSPS) is 16.4. The minimum absolute atomic E-state index is 0.165. The van der Waals surface area contributed by atoms with Crippen LogP contribution in [0.2, 0.25) is 0 Å². The summed E-state index contributed by atoms with van der Waals surface area (Å²) in [6.45, 7) is 3.09. The van der Waals surface area contributed by atoms with Gasteiger partial charge in [0.25, 0.3) is 0 Å². The largest absolute Gasteiger partial charge is 0.566 e. The van der Waals surface area contributed by atoms with Crippen LogP contribution in [0.3, 0.4) is 0 Å². The Balaban J connectivity index is 6.55. The number of hydrogen-bond acceptors (Lipinski definition) is 3. The summed E-state index contributed by atoms with van der Waals surface area (Å²) in [7, 11) is -3.36. The van der Waals surface area contributed by atoms with Gasteiger partial charge in [-0.05, 0) is 18.4 Å². The van der Waals surface area contributed by atoms with Crippen molar-refractivity contribution in [3.63, 3.8) is 0 Å². The number of likely N-dealkylation sites (N-methyl/N-ethyl adjacent to an activating group) is 1. The van der Waals surface area contributed by atoms with Crippen molar-refractivity contribution in [1.29, 1.82) is 0 Å². The van der Waals surface area contributed by atoms with E-state index in [0.29, 0.717) is 0 Å². The molecule has 0 aromatic carbocycles. The first-order valence-corrected chi connectivity index (χ1v) is 11.8. The molecule has 0 aliphatic rings. The quantitative estimate of drug-likeness (QED) is 0.108. The van der Waals surface area contributed by atoms with Crippen molar-refractivity contribution in [1.82, 2.24) is 0 Å². The summed E-state index contributed by atoms with van der Waals surface area (Å²) in [6, 6.07) is 0. The van der Waals surface area contributed by atoms with E-state index < -0.39 is 84.9 Å². The van der Waals surface area contributed by atoms with Crippen molar-refractivity contribution in [3.8, 4) is 0 Å². The van der Waals surface area contributed by atoms with E-state index in [1.54, 1.807) is 0 Å². The third-order valence-electron chi connectivity index (χ3n) is 5.95. The van der Waals surface area contributed by atoms with Crippen LogP contribution in [0.15, 0.2) is 11.9 Å². The predicted molar refractivity (Wildman–Crippen MR) is 103 cm³/mol. The Morgan fingerprint density at radius 2 is 1.12 bits per heavy atom. The molecule has 0 aliphatic carbocycles. The molecule has 0 aromatic rings. The predicted octanol–water partition coefficient (Wildman–Crippen LogP) is 7.13. The Bertz CT molecular complexity index is 929. The van der Waals surface area contributed by atoms with E-state index in [1.165, 1.54) is 27.7 Å². The number of quaternary nitrogens is 1. The molecule has 238 valence electrons. The smallest absolute Gasteiger partial charge is 0.488 e. The molecule has 0 rings (SSSR count). The molecule has 1 unspecified atom stereocenters. The molecule has 0 N–H and O–H groups in total. The molecular formula is C19H23F16NO3P+. The maximum Gasteiger partial charge on any atom is 0.488 e. The van der Waals surface area contributed by atoms with Crippen LogP contribution in [-0.4, -0.2) is 79.0 Å². The van der Waals surface area contributed by atoms with E-state index in [-0.39, 0.29) is 19.6 Å². The molecular weight excluding hydrogens is 625 g/mol. The van der Waals surface area contributed by atoms with Gasteiger partial charge >= 0.3 is 50.0 Å². The zero-order valence-corrected chi connectivity index (χ0v) is 21.7. The second kappa shape index (κ2) is 11.7. The molecule has 40 heavy (non-hydrogen) atoms. The average molecular weight is 648 g/mol. The molecule has 0 spiro atoms. The van der Waals surface area contributed by atoms with Gasteiger partial charge in [-0.15, -0.1) is 4.52 Å². The Morgan fingerprint density at radius 1 is 0.750 bits per heavy atom. The fourth-order valence-electron chi connectivity index (χ4n) is 3.47. The molecule has 0 fully saturated rings. The second-order valence-electron chi connectivity index (χ2n) is 9.47. The molecule has 21 heteroatoms. The Hall–Kier alpha value is -1.40. The molecule has 0 radical (unpaired) electrons. The maximum absolute atomic E-state index is 14.2. The molecule has 0 aliphatic heterocycles. The third-order valence-corrected chi connectivity index (χ3v) is 6.29. The van der Waals surface area contributed by atoms with Crippen molar-refractivity contribution < 1.29 is 88.7 Å². The van der Waals surface area contributed by atoms with Crippen molar-refractivity contribution in [2.45, 2.75) is 69.4 Å². The summed E-state index contributed by atoms with van der Waals surface area (Å²) in [4.78, 5) is 10.6. The highest BCUT2D eigenvalue weighted by Crippen LogP contribution is 2.63. The van der Waals surface area contributed by atoms with Gasteiger partial charge in [0.05, 0.1) is 19.6 Å². The van der Waals surface area contributed by atoms with Crippen LogP contribution in [-0.2, 0) is 9.09 Å². The fourth-order valence-corrected chi connectivity index (χ4v) is 3.92. The highest BCUT2D eigenvalue weighted by molar-refractivity contribution is 7.30. The first kappa shape index (κ1) is 38.6. The lowest BCUT2D eigenvalue weighted by Gasteiger charge is -2.42. The molecule has 0 aromatic heterocycles. The monoisotopic (exact) mass is 648 g/mol. The van der Waals surface area contributed by atoms with Gasteiger partial charge < -0.3 is 9.38 Å². The summed E-state index contributed by atoms with van der Waals surface area (Å²) in [5.41, 5.74) is -1.16. The van der Waals surface area contributed by atoms with E-state index in [4.69, 9.17) is 0 Å². The van der Waals surface area contributed by atoms with E-state index in [2.05, 4.69) is 4.52 Å². The van der Waals surface area contributed by atoms with E-state index in [1.807, 2.05) is 0 Å². The summed E-state index contributed by atoms with van der Waals surface area (Å²) in [6.07, 6.45) is -8.24. The number of rotatable bonds is 15. The van der Waals surface area contributed by atoms with Crippen LogP contribution < -0.4 is 4.89 Å². The molecule has 0 saturated carbocycles. The average Bonchev–Trinajstić information content (AvgIpc) is 2.78. The summed E-state index contributed by atoms with van der Waals surface area (Å²) in [5.74, 6) is -52.2. The molecule has 4 nitrogen and oxygen atoms in total. The Labute approximate surface area is 217 Å². The van der Waals surface area contributed by atoms with Crippen LogP contribution in [0.1, 0.15) is 27.7 Å². The fraction of sp³-hybridized carbons (Fsp3) is 0.895. The Kier molecular flexibility index (Phi) is 11.3. The highest BCUT2D eigenvalue weighted by atomic mass is 31.1. The zero-order chi connectivity index (χ0) is 32.6. The van der Waals surface area contributed by atoms with Crippen molar-refractivity contribution in [2.24, 2.45) is 5.41 Å². The topological polar surface area (TPSA) is 49.4 Å². The van der Waals surface area contributed by atoms with Crippen LogP contribution in [0.4, 0.5) is 70.2 Å². The number of alkyl halides is 15. The van der Waals surface area contributed by atoms with Gasteiger partial charge in [-0.2, -0.15) is 65.9 Å². The first-order valence-electron chi connectivity index (χ1n) is 10.7. The molecule has 0 amide bonds. The van der Waals surface area contributed by atoms with Crippen LogP contribution in [0.5, 0.6) is 0 Å². The van der Waals surface area contributed by atoms with E-state index in [0.717, 1.165) is 0 Å². The molecule has 1 atom stereocenters. The first-order chi connectivity index (χ1) is 17.4. The minimum Gasteiger partial charge on any atom is -0.566 e. The van der Waals surface area contributed by atoms with Crippen LogP contribution >= 0.6 is 8.25 Å². The van der Waals surface area contributed by atoms with Gasteiger partial charge in [-0.1, -0.05) is 13.8 Å². The van der Waals surface area contributed by atoms with E-state index >= 15 is 0 Å². The van der Waals surface area contributed by atoms with Crippen molar-refractivity contribution >= 4 is 8.25 Å². The van der Waals surface area contributed by atoms with Gasteiger partial charge in [0, 0.05) is 11.5 Å². The number of allylic oxidation sites excluding steroid dienone is 1. The van der Waals surface area contributed by atoms with Gasteiger partial charge in [-0.3, -0.25) is 0 Å². The van der Waals surface area contributed by atoms with Crippen LogP contribution in [0, 0.1) is 5.41 Å². The van der Waals surface area contributed by atoms with Gasteiger partial charge in [0.15, 0.2) is 5.83 Å². The lowest BCUT2D eigenvalue weighted by molar-refractivity contribution is -0.925. The van der Waals surface area contributed by atoms with Crippen molar-refractivity contribution in [2.75, 3.05) is 32.8 Å². The van der Waals surface area contributed by atoms with Crippen molar-refractivity contribution in [3.05, 3.63) is 11.9 Å². The highest BCUT2D eigenvalue weighted by Gasteiger charge is 2.93.